The Hall–Kier alpha value is -0.540. The number of pyridine rings is 1. The minimum Gasteiger partial charge on any atom is -0.396 e. The third kappa shape index (κ3) is 2.52. The fourth-order valence-electron chi connectivity index (χ4n) is 2.08. The van der Waals surface area contributed by atoms with Crippen molar-refractivity contribution >= 4 is 11.8 Å². The highest BCUT2D eigenvalue weighted by Gasteiger charge is 2.15. The minimum absolute atomic E-state index is 0.251. The summed E-state index contributed by atoms with van der Waals surface area (Å²) >= 11 is 1.76. The molecule has 0 aromatic carbocycles. The largest absolute Gasteiger partial charge is 0.396 e. The molecule has 1 N–H and O–H groups in total. The van der Waals surface area contributed by atoms with E-state index in [4.69, 9.17) is 5.11 Å². The Bertz CT molecular complexity index is 352. The zero-order chi connectivity index (χ0) is 10.7. The molecule has 0 aliphatic heterocycles. The van der Waals surface area contributed by atoms with Crippen molar-refractivity contribution in [2.45, 2.75) is 37.5 Å². The lowest BCUT2D eigenvalue weighted by molar-refractivity contribution is 0.322. The van der Waals surface area contributed by atoms with E-state index >= 15 is 0 Å². The first-order chi connectivity index (χ1) is 7.31. The lowest BCUT2D eigenvalue weighted by Gasteiger charge is -2.18. The fraction of sp³-hybridized carbons (Fsp3) is 0.583. The Balaban J connectivity index is 2.30. The van der Waals surface area contributed by atoms with Gasteiger partial charge in [0.05, 0.1) is 6.61 Å². The molecule has 1 aromatic rings. The number of hydrogen-bond acceptors (Lipinski definition) is 3. The van der Waals surface area contributed by atoms with Crippen LogP contribution in [0, 0.1) is 6.92 Å². The number of hydrogen-bond donors (Lipinski definition) is 1. The van der Waals surface area contributed by atoms with E-state index in [9.17, 15) is 0 Å². The summed E-state index contributed by atoms with van der Waals surface area (Å²) < 4.78 is 0. The SMILES string of the molecule is Cc1cc(SCCO)c2c(n1)CCCC2. The summed E-state index contributed by atoms with van der Waals surface area (Å²) in [6.07, 6.45) is 4.85. The second-order valence-electron chi connectivity index (χ2n) is 3.97. The summed E-state index contributed by atoms with van der Waals surface area (Å²) in [7, 11) is 0. The molecule has 0 atom stereocenters. The summed E-state index contributed by atoms with van der Waals surface area (Å²) in [5.74, 6) is 0.788. The minimum atomic E-state index is 0.251. The van der Waals surface area contributed by atoms with Gasteiger partial charge in [0.15, 0.2) is 0 Å². The smallest absolute Gasteiger partial charge is 0.0525 e. The summed E-state index contributed by atoms with van der Waals surface area (Å²) in [5, 5.41) is 8.86. The van der Waals surface area contributed by atoms with Crippen LogP contribution in [0.25, 0.3) is 0 Å². The number of aliphatic hydroxyl groups is 1. The highest BCUT2D eigenvalue weighted by molar-refractivity contribution is 7.99. The van der Waals surface area contributed by atoms with Crippen LogP contribution in [-0.2, 0) is 12.8 Å². The molecule has 0 saturated carbocycles. The molecule has 0 spiro atoms. The van der Waals surface area contributed by atoms with E-state index in [2.05, 4.69) is 18.0 Å². The van der Waals surface area contributed by atoms with Crippen molar-refractivity contribution in [1.29, 1.82) is 0 Å². The van der Waals surface area contributed by atoms with Gasteiger partial charge in [-0.3, -0.25) is 4.98 Å². The van der Waals surface area contributed by atoms with Gasteiger partial charge in [0.2, 0.25) is 0 Å². The maximum atomic E-state index is 8.86. The van der Waals surface area contributed by atoms with Crippen LogP contribution in [0.2, 0.25) is 0 Å². The number of aliphatic hydroxyl groups excluding tert-OH is 1. The van der Waals surface area contributed by atoms with Crippen LogP contribution in [0.1, 0.15) is 29.8 Å². The molecule has 0 radical (unpaired) electrons. The average Bonchev–Trinajstić information content (AvgIpc) is 2.25. The summed E-state index contributed by atoms with van der Waals surface area (Å²) in [5.41, 5.74) is 3.84. The van der Waals surface area contributed by atoms with E-state index < -0.39 is 0 Å². The predicted octanol–water partition coefficient (Wildman–Crippen LogP) is 2.35. The van der Waals surface area contributed by atoms with Gasteiger partial charge < -0.3 is 5.11 Å². The van der Waals surface area contributed by atoms with Gasteiger partial charge in [0.25, 0.3) is 0 Å². The first kappa shape index (κ1) is 11.0. The molecule has 3 heteroatoms. The van der Waals surface area contributed by atoms with Crippen molar-refractivity contribution in [3.05, 3.63) is 23.0 Å². The molecule has 0 unspecified atom stereocenters. The van der Waals surface area contributed by atoms with E-state index in [1.165, 1.54) is 29.0 Å². The highest BCUT2D eigenvalue weighted by Crippen LogP contribution is 2.30. The third-order valence-corrected chi connectivity index (χ3v) is 3.80. The molecule has 0 fully saturated rings. The van der Waals surface area contributed by atoms with Crippen molar-refractivity contribution in [3.8, 4) is 0 Å². The second kappa shape index (κ2) is 4.99. The zero-order valence-corrected chi connectivity index (χ0v) is 9.94. The van der Waals surface area contributed by atoms with Gasteiger partial charge in [-0.05, 0) is 44.2 Å². The van der Waals surface area contributed by atoms with Crippen molar-refractivity contribution in [1.82, 2.24) is 4.98 Å². The highest BCUT2D eigenvalue weighted by atomic mass is 32.2. The standard InChI is InChI=1S/C12H17NOS/c1-9-8-12(15-7-6-14)10-4-2-3-5-11(10)13-9/h8,14H,2-7H2,1H3. The van der Waals surface area contributed by atoms with Gasteiger partial charge in [-0.1, -0.05) is 0 Å². The number of rotatable bonds is 3. The molecule has 0 amide bonds. The number of aryl methyl sites for hydroxylation is 2. The first-order valence-corrected chi connectivity index (χ1v) is 6.53. The Labute approximate surface area is 95.1 Å². The van der Waals surface area contributed by atoms with Crippen LogP contribution in [-0.4, -0.2) is 22.5 Å². The number of fused-ring (bicyclic) bond motifs is 1. The number of nitrogens with zero attached hydrogens (tertiary/aromatic N) is 1. The van der Waals surface area contributed by atoms with Gasteiger partial charge in [-0.2, -0.15) is 0 Å². The summed E-state index contributed by atoms with van der Waals surface area (Å²) in [6.45, 7) is 2.30. The molecule has 1 aromatic heterocycles. The van der Waals surface area contributed by atoms with Crippen molar-refractivity contribution in [2.75, 3.05) is 12.4 Å². The Kier molecular flexibility index (Phi) is 3.65. The zero-order valence-electron chi connectivity index (χ0n) is 9.12. The number of thioether (sulfide) groups is 1. The van der Waals surface area contributed by atoms with Crippen LogP contribution in [0.4, 0.5) is 0 Å². The van der Waals surface area contributed by atoms with E-state index in [0.29, 0.717) is 0 Å². The van der Waals surface area contributed by atoms with Gasteiger partial charge in [0, 0.05) is 22.0 Å². The van der Waals surface area contributed by atoms with E-state index in [-0.39, 0.29) is 6.61 Å². The van der Waals surface area contributed by atoms with Crippen LogP contribution >= 0.6 is 11.8 Å². The molecule has 0 bridgehead atoms. The molecular formula is C12H17NOS. The lowest BCUT2D eigenvalue weighted by atomic mass is 9.96. The van der Waals surface area contributed by atoms with E-state index in [1.54, 1.807) is 11.8 Å². The number of aromatic nitrogens is 1. The molecule has 1 heterocycles. The van der Waals surface area contributed by atoms with Crippen LogP contribution in [0.5, 0.6) is 0 Å². The monoisotopic (exact) mass is 223 g/mol. The topological polar surface area (TPSA) is 33.1 Å². The molecule has 1 aliphatic carbocycles. The van der Waals surface area contributed by atoms with Gasteiger partial charge >= 0.3 is 0 Å². The third-order valence-electron chi connectivity index (χ3n) is 2.74. The molecule has 15 heavy (non-hydrogen) atoms. The molecule has 0 saturated heterocycles. The molecule has 82 valence electrons. The second-order valence-corrected chi connectivity index (χ2v) is 5.10. The van der Waals surface area contributed by atoms with Crippen molar-refractivity contribution in [2.24, 2.45) is 0 Å². The van der Waals surface area contributed by atoms with Gasteiger partial charge in [0.1, 0.15) is 0 Å². The Morgan fingerprint density at radius 2 is 2.20 bits per heavy atom. The quantitative estimate of drug-likeness (QED) is 0.799. The Morgan fingerprint density at radius 1 is 1.40 bits per heavy atom. The Morgan fingerprint density at radius 3 is 3.00 bits per heavy atom. The van der Waals surface area contributed by atoms with Crippen molar-refractivity contribution in [3.63, 3.8) is 0 Å². The molecule has 2 nitrogen and oxygen atoms in total. The normalized spacial score (nSPS) is 15.1. The predicted molar refractivity (Wildman–Crippen MR) is 63.4 cm³/mol. The van der Waals surface area contributed by atoms with E-state index in [0.717, 1.165) is 24.3 Å². The van der Waals surface area contributed by atoms with Gasteiger partial charge in [-0.15, -0.1) is 11.8 Å². The van der Waals surface area contributed by atoms with Crippen molar-refractivity contribution < 1.29 is 5.11 Å². The first-order valence-electron chi connectivity index (χ1n) is 5.54. The molecular weight excluding hydrogens is 206 g/mol. The van der Waals surface area contributed by atoms with Gasteiger partial charge in [-0.25, -0.2) is 0 Å². The van der Waals surface area contributed by atoms with Crippen LogP contribution in [0.3, 0.4) is 0 Å². The fourth-order valence-corrected chi connectivity index (χ4v) is 3.04. The summed E-state index contributed by atoms with van der Waals surface area (Å²) in [4.78, 5) is 5.95. The maximum absolute atomic E-state index is 8.86. The lowest BCUT2D eigenvalue weighted by Crippen LogP contribution is -2.08. The summed E-state index contributed by atoms with van der Waals surface area (Å²) in [6, 6.07) is 2.16. The van der Waals surface area contributed by atoms with Crippen LogP contribution in [0.15, 0.2) is 11.0 Å². The average molecular weight is 223 g/mol. The van der Waals surface area contributed by atoms with Crippen LogP contribution < -0.4 is 0 Å². The van der Waals surface area contributed by atoms with E-state index in [1.807, 2.05) is 0 Å². The molecule has 1 aliphatic rings. The molecule has 2 rings (SSSR count). The maximum Gasteiger partial charge on any atom is 0.0525 e.